The molecule has 1 aromatic heterocycles. The number of aliphatic imine (C=N–C) groups is 1. The van der Waals surface area contributed by atoms with Crippen LogP contribution in [0, 0.1) is 12.8 Å². The number of ether oxygens (including phenoxy) is 1. The maximum Gasteiger partial charge on any atom is 0.190 e. The number of nitrogens with zero attached hydrogens (tertiary/aromatic N) is 3. The largest absolute Gasteiger partial charge is 0.373 e. The predicted molar refractivity (Wildman–Crippen MR) is 126 cm³/mol. The Kier molecular flexibility index (Phi) is 7.20. The van der Waals surface area contributed by atoms with Crippen LogP contribution < -0.4 is 10.6 Å². The van der Waals surface area contributed by atoms with Crippen LogP contribution in [0.3, 0.4) is 0 Å². The third-order valence-electron chi connectivity index (χ3n) is 6.00. The van der Waals surface area contributed by atoms with E-state index >= 15 is 0 Å². The van der Waals surface area contributed by atoms with E-state index in [0.29, 0.717) is 5.92 Å². The normalized spacial score (nSPS) is 19.5. The van der Waals surface area contributed by atoms with Gasteiger partial charge in [-0.3, -0.25) is 4.99 Å². The maximum atomic E-state index is 6.15. The molecule has 2 atom stereocenters. The van der Waals surface area contributed by atoms with Crippen LogP contribution in [0.2, 0.25) is 0 Å². The van der Waals surface area contributed by atoms with Gasteiger partial charge in [0.2, 0.25) is 0 Å². The van der Waals surface area contributed by atoms with E-state index in [1.54, 1.807) is 0 Å². The van der Waals surface area contributed by atoms with Crippen LogP contribution in [0.1, 0.15) is 36.5 Å². The van der Waals surface area contributed by atoms with E-state index in [4.69, 9.17) is 4.74 Å². The lowest BCUT2D eigenvalue weighted by Crippen LogP contribution is -2.42. The number of aryl methyl sites for hydroxylation is 2. The molecule has 164 valence electrons. The second kappa shape index (κ2) is 10.4. The van der Waals surface area contributed by atoms with Gasteiger partial charge in [-0.2, -0.15) is 0 Å². The van der Waals surface area contributed by atoms with Crippen LogP contribution in [-0.2, 0) is 11.3 Å². The minimum atomic E-state index is 0.148. The van der Waals surface area contributed by atoms with Crippen molar-refractivity contribution in [2.24, 2.45) is 10.9 Å². The molecule has 2 unspecified atom stereocenters. The predicted octanol–water partition coefficient (Wildman–Crippen LogP) is 4.07. The van der Waals surface area contributed by atoms with Crippen molar-refractivity contribution in [3.8, 4) is 0 Å². The molecule has 0 bridgehead atoms. The van der Waals surface area contributed by atoms with Crippen molar-refractivity contribution in [1.82, 2.24) is 20.2 Å². The summed E-state index contributed by atoms with van der Waals surface area (Å²) in [7, 11) is 1.83. The molecule has 2 N–H and O–H groups in total. The molecule has 0 amide bonds. The Morgan fingerprint density at radius 1 is 1.16 bits per heavy atom. The van der Waals surface area contributed by atoms with E-state index in [2.05, 4.69) is 74.6 Å². The number of aromatic nitrogens is 2. The van der Waals surface area contributed by atoms with E-state index in [9.17, 15) is 0 Å². The highest BCUT2D eigenvalue weighted by Gasteiger charge is 2.27. The number of hydrogen-bond donors (Lipinski definition) is 2. The molecule has 1 aliphatic rings. The van der Waals surface area contributed by atoms with Crippen LogP contribution in [0.25, 0.3) is 11.0 Å². The van der Waals surface area contributed by atoms with Crippen molar-refractivity contribution < 1.29 is 4.74 Å². The summed E-state index contributed by atoms with van der Waals surface area (Å²) in [4.78, 5) is 8.86. The fourth-order valence-corrected chi connectivity index (χ4v) is 4.27. The van der Waals surface area contributed by atoms with Crippen molar-refractivity contribution >= 4 is 17.0 Å². The van der Waals surface area contributed by atoms with Crippen LogP contribution >= 0.6 is 0 Å². The first-order valence-electron chi connectivity index (χ1n) is 11.3. The summed E-state index contributed by atoms with van der Waals surface area (Å²) in [6, 6.07) is 17.0. The Bertz CT molecular complexity index is 995. The van der Waals surface area contributed by atoms with Crippen LogP contribution in [0.4, 0.5) is 0 Å². The topological polar surface area (TPSA) is 63.5 Å². The van der Waals surface area contributed by atoms with Crippen LogP contribution in [0.15, 0.2) is 59.9 Å². The molecular formula is C25H33N5O. The smallest absolute Gasteiger partial charge is 0.190 e. The standard InChI is InChI=1S/C25H33N5O/c1-19-10-12-20(13-11-19)24-21(7-5-16-31-24)17-28-25(26-2)27-14-6-15-30-18-29-22-8-3-4-9-23(22)30/h3-4,8-13,18,21,24H,5-7,14-17H2,1-2H3,(H2,26,27,28). The highest BCUT2D eigenvalue weighted by Crippen LogP contribution is 2.33. The lowest BCUT2D eigenvalue weighted by molar-refractivity contribution is -0.0265. The number of para-hydroxylation sites is 2. The highest BCUT2D eigenvalue weighted by atomic mass is 16.5. The monoisotopic (exact) mass is 419 g/mol. The maximum absolute atomic E-state index is 6.15. The van der Waals surface area contributed by atoms with Gasteiger partial charge < -0.3 is 19.9 Å². The molecule has 2 heterocycles. The molecule has 6 heteroatoms. The summed E-state index contributed by atoms with van der Waals surface area (Å²) >= 11 is 0. The van der Waals surface area contributed by atoms with E-state index in [0.717, 1.165) is 57.0 Å². The van der Waals surface area contributed by atoms with Crippen molar-refractivity contribution in [3.05, 3.63) is 66.0 Å². The Labute approximate surface area is 184 Å². The van der Waals surface area contributed by atoms with Gasteiger partial charge in [-0.1, -0.05) is 42.0 Å². The molecule has 0 spiro atoms. The van der Waals surface area contributed by atoms with Crippen molar-refractivity contribution in [1.29, 1.82) is 0 Å². The van der Waals surface area contributed by atoms with E-state index in [1.807, 2.05) is 19.4 Å². The zero-order valence-corrected chi connectivity index (χ0v) is 18.6. The summed E-state index contributed by atoms with van der Waals surface area (Å²) < 4.78 is 8.36. The zero-order chi connectivity index (χ0) is 21.5. The summed E-state index contributed by atoms with van der Waals surface area (Å²) in [6.45, 7) is 5.59. The van der Waals surface area contributed by atoms with Gasteiger partial charge >= 0.3 is 0 Å². The number of hydrogen-bond acceptors (Lipinski definition) is 3. The summed E-state index contributed by atoms with van der Waals surface area (Å²) in [6.07, 6.45) is 5.34. The van der Waals surface area contributed by atoms with Crippen LogP contribution in [0.5, 0.6) is 0 Å². The second-order valence-electron chi connectivity index (χ2n) is 8.26. The molecule has 0 radical (unpaired) electrons. The quantitative estimate of drug-likeness (QED) is 0.344. The third-order valence-corrected chi connectivity index (χ3v) is 6.00. The fourth-order valence-electron chi connectivity index (χ4n) is 4.27. The van der Waals surface area contributed by atoms with Crippen LogP contribution in [-0.4, -0.2) is 42.3 Å². The lowest BCUT2D eigenvalue weighted by atomic mass is 9.89. The molecular weight excluding hydrogens is 386 g/mol. The molecule has 2 aromatic carbocycles. The van der Waals surface area contributed by atoms with Gasteiger partial charge in [0.25, 0.3) is 0 Å². The van der Waals surface area contributed by atoms with E-state index in [1.165, 1.54) is 16.6 Å². The summed E-state index contributed by atoms with van der Waals surface area (Å²) in [5, 5.41) is 6.96. The Morgan fingerprint density at radius 3 is 2.84 bits per heavy atom. The molecule has 6 nitrogen and oxygen atoms in total. The zero-order valence-electron chi connectivity index (χ0n) is 18.6. The first-order chi connectivity index (χ1) is 15.2. The molecule has 31 heavy (non-hydrogen) atoms. The van der Waals surface area contributed by atoms with Gasteiger partial charge in [0, 0.05) is 39.2 Å². The lowest BCUT2D eigenvalue weighted by Gasteiger charge is -2.32. The molecule has 3 aromatic rings. The summed E-state index contributed by atoms with van der Waals surface area (Å²) in [5.74, 6) is 1.29. The molecule has 1 fully saturated rings. The van der Waals surface area contributed by atoms with Crippen molar-refractivity contribution in [2.45, 2.75) is 38.8 Å². The number of fused-ring (bicyclic) bond motifs is 1. The minimum Gasteiger partial charge on any atom is -0.373 e. The van der Waals surface area contributed by atoms with Gasteiger partial charge in [-0.05, 0) is 43.9 Å². The summed E-state index contributed by atoms with van der Waals surface area (Å²) in [5.41, 5.74) is 4.78. The van der Waals surface area contributed by atoms with Gasteiger partial charge in [-0.25, -0.2) is 4.98 Å². The van der Waals surface area contributed by atoms with Crippen molar-refractivity contribution in [3.63, 3.8) is 0 Å². The molecule has 1 aliphatic heterocycles. The number of benzene rings is 2. The van der Waals surface area contributed by atoms with E-state index < -0.39 is 0 Å². The van der Waals surface area contributed by atoms with Gasteiger partial charge in [0.1, 0.15) is 0 Å². The van der Waals surface area contributed by atoms with Gasteiger partial charge in [0.15, 0.2) is 5.96 Å². The number of nitrogens with one attached hydrogen (secondary N) is 2. The first kappa shape index (κ1) is 21.4. The van der Waals surface area contributed by atoms with Crippen molar-refractivity contribution in [2.75, 3.05) is 26.7 Å². The molecule has 1 saturated heterocycles. The molecule has 4 rings (SSSR count). The fraction of sp³-hybridized carbons (Fsp3) is 0.440. The number of guanidine groups is 1. The van der Waals surface area contributed by atoms with Gasteiger partial charge in [-0.15, -0.1) is 0 Å². The second-order valence-corrected chi connectivity index (χ2v) is 8.26. The Hall–Kier alpha value is -2.86. The minimum absolute atomic E-state index is 0.148. The molecule has 0 aliphatic carbocycles. The Balaban J connectivity index is 1.25. The first-order valence-corrected chi connectivity index (χ1v) is 11.3. The third kappa shape index (κ3) is 5.44. The average Bonchev–Trinajstić information content (AvgIpc) is 3.22. The number of imidazole rings is 1. The molecule has 0 saturated carbocycles. The average molecular weight is 420 g/mol. The Morgan fingerprint density at radius 2 is 2.00 bits per heavy atom. The SMILES string of the molecule is CN=C(NCCCn1cnc2ccccc21)NCC1CCCOC1c1ccc(C)cc1. The van der Waals surface area contributed by atoms with E-state index in [-0.39, 0.29) is 6.10 Å². The highest BCUT2D eigenvalue weighted by molar-refractivity contribution is 5.79. The number of rotatable bonds is 7. The van der Waals surface area contributed by atoms with Gasteiger partial charge in [0.05, 0.1) is 23.5 Å².